The van der Waals surface area contributed by atoms with E-state index < -0.39 is 0 Å². The minimum atomic E-state index is -0.105. The lowest BCUT2D eigenvalue weighted by molar-refractivity contribution is 0.242. The average Bonchev–Trinajstić information content (AvgIpc) is 2.36. The molecule has 1 aromatic heterocycles. The van der Waals surface area contributed by atoms with Crippen LogP contribution in [0.15, 0.2) is 29.1 Å². The van der Waals surface area contributed by atoms with E-state index in [1.54, 1.807) is 6.07 Å². The standard InChI is InChI=1S/C13H17N3O2/c1-16(7-4-8-17)9-12-14-11-6-3-2-5-10(11)13(18)15-12/h2-3,5-6,17H,4,7-9H2,1H3,(H,14,15,18). The predicted octanol–water partition coefficient (Wildman–Crippen LogP) is 0.737. The van der Waals surface area contributed by atoms with E-state index in [-0.39, 0.29) is 12.2 Å². The number of aliphatic hydroxyl groups is 1. The van der Waals surface area contributed by atoms with E-state index in [0.29, 0.717) is 29.7 Å². The monoisotopic (exact) mass is 247 g/mol. The number of aromatic amines is 1. The first-order valence-electron chi connectivity index (χ1n) is 5.98. The molecule has 0 unspecified atom stereocenters. The third kappa shape index (κ3) is 2.94. The van der Waals surface area contributed by atoms with Crippen molar-refractivity contribution in [2.45, 2.75) is 13.0 Å². The highest BCUT2D eigenvalue weighted by molar-refractivity contribution is 5.77. The Labute approximate surface area is 105 Å². The highest BCUT2D eigenvalue weighted by atomic mass is 16.3. The SMILES string of the molecule is CN(CCCO)Cc1nc2ccccc2c(=O)[nH]1. The van der Waals surface area contributed by atoms with Gasteiger partial charge in [0.1, 0.15) is 5.82 Å². The molecule has 18 heavy (non-hydrogen) atoms. The minimum absolute atomic E-state index is 0.105. The quantitative estimate of drug-likeness (QED) is 0.817. The van der Waals surface area contributed by atoms with Crippen LogP contribution in [0, 0.1) is 0 Å². The van der Waals surface area contributed by atoms with E-state index in [1.165, 1.54) is 0 Å². The van der Waals surface area contributed by atoms with Gasteiger partial charge < -0.3 is 10.1 Å². The molecule has 0 spiro atoms. The molecule has 0 aliphatic carbocycles. The normalized spacial score (nSPS) is 11.3. The smallest absolute Gasteiger partial charge is 0.258 e. The Morgan fingerprint density at radius 2 is 2.17 bits per heavy atom. The van der Waals surface area contributed by atoms with Crippen molar-refractivity contribution in [3.05, 3.63) is 40.4 Å². The summed E-state index contributed by atoms with van der Waals surface area (Å²) in [7, 11) is 1.94. The van der Waals surface area contributed by atoms with Gasteiger partial charge in [0, 0.05) is 13.2 Å². The molecular formula is C13H17N3O2. The number of benzene rings is 1. The fourth-order valence-electron chi connectivity index (χ4n) is 1.89. The summed E-state index contributed by atoms with van der Waals surface area (Å²) in [6.45, 7) is 1.51. The van der Waals surface area contributed by atoms with Crippen LogP contribution in [0.2, 0.25) is 0 Å². The van der Waals surface area contributed by atoms with Crippen LogP contribution >= 0.6 is 0 Å². The Morgan fingerprint density at radius 1 is 1.39 bits per heavy atom. The first-order valence-corrected chi connectivity index (χ1v) is 5.98. The maximum Gasteiger partial charge on any atom is 0.258 e. The minimum Gasteiger partial charge on any atom is -0.396 e. The molecule has 0 fully saturated rings. The van der Waals surface area contributed by atoms with Crippen molar-refractivity contribution in [3.63, 3.8) is 0 Å². The van der Waals surface area contributed by atoms with Crippen LogP contribution in [0.5, 0.6) is 0 Å². The molecule has 2 N–H and O–H groups in total. The van der Waals surface area contributed by atoms with Gasteiger partial charge in [0.25, 0.3) is 5.56 Å². The first-order chi connectivity index (χ1) is 8.70. The molecule has 0 aliphatic heterocycles. The zero-order chi connectivity index (χ0) is 13.0. The molecule has 5 nitrogen and oxygen atoms in total. The molecule has 2 rings (SSSR count). The van der Waals surface area contributed by atoms with Crippen LogP contribution in [0.25, 0.3) is 10.9 Å². The Bertz CT molecular complexity index is 580. The molecule has 5 heteroatoms. The summed E-state index contributed by atoms with van der Waals surface area (Å²) in [6, 6.07) is 7.29. The van der Waals surface area contributed by atoms with E-state index in [4.69, 9.17) is 5.11 Å². The fraction of sp³-hybridized carbons (Fsp3) is 0.385. The van der Waals surface area contributed by atoms with Crippen molar-refractivity contribution < 1.29 is 5.11 Å². The fourth-order valence-corrected chi connectivity index (χ4v) is 1.89. The largest absolute Gasteiger partial charge is 0.396 e. The van der Waals surface area contributed by atoms with Crippen molar-refractivity contribution in [3.8, 4) is 0 Å². The lowest BCUT2D eigenvalue weighted by Gasteiger charge is -2.15. The number of aromatic nitrogens is 2. The van der Waals surface area contributed by atoms with Gasteiger partial charge in [-0.15, -0.1) is 0 Å². The molecule has 0 bridgehead atoms. The highest BCUT2D eigenvalue weighted by Gasteiger charge is 2.05. The van der Waals surface area contributed by atoms with E-state index in [1.807, 2.05) is 30.1 Å². The van der Waals surface area contributed by atoms with Crippen LogP contribution in [0.3, 0.4) is 0 Å². The molecule has 1 heterocycles. The van der Waals surface area contributed by atoms with Gasteiger partial charge in [-0.2, -0.15) is 0 Å². The summed E-state index contributed by atoms with van der Waals surface area (Å²) >= 11 is 0. The summed E-state index contributed by atoms with van der Waals surface area (Å²) < 4.78 is 0. The summed E-state index contributed by atoms with van der Waals surface area (Å²) in [4.78, 5) is 21.1. The van der Waals surface area contributed by atoms with Gasteiger partial charge in [-0.25, -0.2) is 4.98 Å². The molecule has 0 saturated carbocycles. The second-order valence-electron chi connectivity index (χ2n) is 4.34. The van der Waals surface area contributed by atoms with Crippen molar-refractivity contribution in [1.82, 2.24) is 14.9 Å². The van der Waals surface area contributed by atoms with E-state index >= 15 is 0 Å². The molecule has 0 atom stereocenters. The van der Waals surface area contributed by atoms with Crippen LogP contribution in [0.1, 0.15) is 12.2 Å². The van der Waals surface area contributed by atoms with Gasteiger partial charge in [0.2, 0.25) is 0 Å². The van der Waals surface area contributed by atoms with Crippen LogP contribution in [-0.2, 0) is 6.54 Å². The second kappa shape index (κ2) is 5.75. The van der Waals surface area contributed by atoms with E-state index in [0.717, 1.165) is 6.54 Å². The summed E-state index contributed by atoms with van der Waals surface area (Å²) in [5.41, 5.74) is 0.609. The van der Waals surface area contributed by atoms with Crippen molar-refractivity contribution >= 4 is 10.9 Å². The lowest BCUT2D eigenvalue weighted by atomic mass is 10.2. The number of fused-ring (bicyclic) bond motifs is 1. The van der Waals surface area contributed by atoms with Crippen LogP contribution < -0.4 is 5.56 Å². The van der Waals surface area contributed by atoms with Gasteiger partial charge in [-0.1, -0.05) is 12.1 Å². The molecule has 0 aliphatic rings. The lowest BCUT2D eigenvalue weighted by Crippen LogP contribution is -2.23. The van der Waals surface area contributed by atoms with E-state index in [2.05, 4.69) is 9.97 Å². The third-order valence-electron chi connectivity index (χ3n) is 2.78. The third-order valence-corrected chi connectivity index (χ3v) is 2.78. The molecule has 2 aromatic rings. The topological polar surface area (TPSA) is 69.2 Å². The van der Waals surface area contributed by atoms with Gasteiger partial charge in [0.05, 0.1) is 17.4 Å². The number of rotatable bonds is 5. The Kier molecular flexibility index (Phi) is 4.07. The molecular weight excluding hydrogens is 230 g/mol. The Morgan fingerprint density at radius 3 is 2.94 bits per heavy atom. The van der Waals surface area contributed by atoms with Gasteiger partial charge >= 0.3 is 0 Å². The molecule has 0 amide bonds. The Balaban J connectivity index is 2.22. The zero-order valence-electron chi connectivity index (χ0n) is 10.4. The van der Waals surface area contributed by atoms with Crippen molar-refractivity contribution in [1.29, 1.82) is 0 Å². The molecule has 1 aromatic carbocycles. The van der Waals surface area contributed by atoms with Crippen molar-refractivity contribution in [2.75, 3.05) is 20.2 Å². The van der Waals surface area contributed by atoms with Crippen molar-refractivity contribution in [2.24, 2.45) is 0 Å². The number of para-hydroxylation sites is 1. The number of nitrogens with zero attached hydrogens (tertiary/aromatic N) is 2. The number of H-pyrrole nitrogens is 1. The second-order valence-corrected chi connectivity index (χ2v) is 4.34. The molecule has 0 saturated heterocycles. The summed E-state index contributed by atoms with van der Waals surface area (Å²) in [5, 5.41) is 9.38. The number of hydrogen-bond acceptors (Lipinski definition) is 4. The maximum atomic E-state index is 11.8. The summed E-state index contributed by atoms with van der Waals surface area (Å²) in [5.74, 6) is 0.652. The van der Waals surface area contributed by atoms with Gasteiger partial charge in [-0.3, -0.25) is 9.69 Å². The first kappa shape index (κ1) is 12.7. The number of aliphatic hydroxyl groups excluding tert-OH is 1. The van der Waals surface area contributed by atoms with Crippen LogP contribution in [-0.4, -0.2) is 40.2 Å². The van der Waals surface area contributed by atoms with E-state index in [9.17, 15) is 4.79 Å². The van der Waals surface area contributed by atoms with Gasteiger partial charge in [0.15, 0.2) is 0 Å². The average molecular weight is 247 g/mol. The summed E-state index contributed by atoms with van der Waals surface area (Å²) in [6.07, 6.45) is 0.717. The predicted molar refractivity (Wildman–Crippen MR) is 70.4 cm³/mol. The molecule has 0 radical (unpaired) electrons. The van der Waals surface area contributed by atoms with Crippen LogP contribution in [0.4, 0.5) is 0 Å². The number of hydrogen-bond donors (Lipinski definition) is 2. The molecule has 96 valence electrons. The maximum absolute atomic E-state index is 11.8. The Hall–Kier alpha value is -1.72. The van der Waals surface area contributed by atoms with Gasteiger partial charge in [-0.05, 0) is 25.6 Å². The highest BCUT2D eigenvalue weighted by Crippen LogP contribution is 2.06. The zero-order valence-corrected chi connectivity index (χ0v) is 10.4. The number of nitrogens with one attached hydrogen (secondary N) is 1.